The molecule has 0 aliphatic heterocycles. The van der Waals surface area contributed by atoms with Crippen LogP contribution < -0.4 is 0 Å². The lowest BCUT2D eigenvalue weighted by molar-refractivity contribution is -0.175. The monoisotopic (exact) mass is 292 g/mol. The van der Waals surface area contributed by atoms with Crippen LogP contribution in [-0.4, -0.2) is 22.4 Å². The Hall–Kier alpha value is -0.0800. The van der Waals surface area contributed by atoms with Crippen LogP contribution in [0.1, 0.15) is 71.6 Å². The lowest BCUT2D eigenvalue weighted by Crippen LogP contribution is -2.58. The van der Waals surface area contributed by atoms with Crippen LogP contribution in [0.2, 0.25) is 0 Å². The summed E-state index contributed by atoms with van der Waals surface area (Å²) in [7, 11) is 0. The molecular weight excluding hydrogens is 260 g/mol. The largest absolute Gasteiger partial charge is 0.393 e. The molecule has 0 spiro atoms. The van der Waals surface area contributed by atoms with Gasteiger partial charge in [0.25, 0.3) is 0 Å². The molecule has 4 saturated carbocycles. The molecule has 0 radical (unpaired) electrons. The van der Waals surface area contributed by atoms with Crippen molar-refractivity contribution in [1.29, 1.82) is 0 Å². The van der Waals surface area contributed by atoms with Gasteiger partial charge in [-0.15, -0.1) is 0 Å². The summed E-state index contributed by atoms with van der Waals surface area (Å²) < 4.78 is 0. The molecule has 0 aromatic carbocycles. The van der Waals surface area contributed by atoms with Crippen LogP contribution in [0.3, 0.4) is 0 Å². The second-order valence-electron chi connectivity index (χ2n) is 9.19. The predicted octanol–water partition coefficient (Wildman–Crippen LogP) is 3.75. The first kappa shape index (κ1) is 14.5. The fourth-order valence-corrected chi connectivity index (χ4v) is 7.39. The van der Waals surface area contributed by atoms with E-state index in [-0.39, 0.29) is 17.6 Å². The number of aliphatic hydroxyl groups excluding tert-OH is 2. The van der Waals surface area contributed by atoms with Crippen LogP contribution in [0, 0.1) is 34.5 Å². The van der Waals surface area contributed by atoms with Crippen LogP contribution in [-0.2, 0) is 0 Å². The summed E-state index contributed by atoms with van der Waals surface area (Å²) in [5, 5.41) is 21.5. The van der Waals surface area contributed by atoms with Crippen LogP contribution >= 0.6 is 0 Å². The molecule has 8 atom stereocenters. The van der Waals surface area contributed by atoms with Gasteiger partial charge in [-0.05, 0) is 79.4 Å². The zero-order chi connectivity index (χ0) is 14.8. The van der Waals surface area contributed by atoms with E-state index in [1.54, 1.807) is 0 Å². The van der Waals surface area contributed by atoms with E-state index in [0.717, 1.165) is 18.8 Å². The maximum Gasteiger partial charge on any atom is 0.0597 e. The number of aliphatic hydroxyl groups is 2. The van der Waals surface area contributed by atoms with Crippen molar-refractivity contribution in [3.05, 3.63) is 0 Å². The van der Waals surface area contributed by atoms with E-state index in [4.69, 9.17) is 0 Å². The van der Waals surface area contributed by atoms with Gasteiger partial charge in [-0.25, -0.2) is 0 Å². The van der Waals surface area contributed by atoms with Gasteiger partial charge >= 0.3 is 0 Å². The average molecular weight is 292 g/mol. The van der Waals surface area contributed by atoms with E-state index in [0.29, 0.717) is 23.2 Å². The summed E-state index contributed by atoms with van der Waals surface area (Å²) in [6, 6.07) is 0. The highest BCUT2D eigenvalue weighted by atomic mass is 16.3. The Bertz CT molecular complexity index is 422. The predicted molar refractivity (Wildman–Crippen MR) is 83.7 cm³/mol. The Morgan fingerprint density at radius 1 is 0.857 bits per heavy atom. The molecule has 0 saturated heterocycles. The maximum absolute atomic E-state index is 11.0. The second-order valence-corrected chi connectivity index (χ2v) is 9.19. The molecule has 4 aliphatic carbocycles. The molecule has 0 heterocycles. The fourth-order valence-electron chi connectivity index (χ4n) is 7.39. The third-order valence-corrected chi connectivity index (χ3v) is 8.46. The summed E-state index contributed by atoms with van der Waals surface area (Å²) in [5.74, 6) is 2.66. The minimum Gasteiger partial charge on any atom is -0.393 e. The van der Waals surface area contributed by atoms with Gasteiger partial charge in [-0.2, -0.15) is 0 Å². The van der Waals surface area contributed by atoms with E-state index in [2.05, 4.69) is 13.8 Å². The molecule has 120 valence electrons. The first-order chi connectivity index (χ1) is 9.97. The van der Waals surface area contributed by atoms with Gasteiger partial charge in [0, 0.05) is 0 Å². The molecule has 4 rings (SSSR count). The van der Waals surface area contributed by atoms with Crippen molar-refractivity contribution >= 4 is 0 Å². The number of fused-ring (bicyclic) bond motifs is 5. The highest BCUT2D eigenvalue weighted by Crippen LogP contribution is 2.66. The summed E-state index contributed by atoms with van der Waals surface area (Å²) in [5.41, 5.74) is 0.355. The molecule has 4 aliphatic rings. The quantitative estimate of drug-likeness (QED) is 0.714. The van der Waals surface area contributed by atoms with Gasteiger partial charge in [0.1, 0.15) is 0 Å². The highest BCUT2D eigenvalue weighted by molar-refractivity contribution is 5.11. The van der Waals surface area contributed by atoms with Gasteiger partial charge < -0.3 is 10.2 Å². The summed E-state index contributed by atoms with van der Waals surface area (Å²) in [6.45, 7) is 4.75. The highest BCUT2D eigenvalue weighted by Gasteiger charge is 2.62. The maximum atomic E-state index is 11.0. The Morgan fingerprint density at radius 3 is 2.48 bits per heavy atom. The van der Waals surface area contributed by atoms with Crippen molar-refractivity contribution in [2.75, 3.05) is 0 Å². The smallest absolute Gasteiger partial charge is 0.0597 e. The van der Waals surface area contributed by atoms with Gasteiger partial charge in [0.15, 0.2) is 0 Å². The molecule has 0 amide bonds. The van der Waals surface area contributed by atoms with Gasteiger partial charge in [0.2, 0.25) is 0 Å². The Morgan fingerprint density at radius 2 is 1.67 bits per heavy atom. The Labute approximate surface area is 129 Å². The van der Waals surface area contributed by atoms with Crippen LogP contribution in [0.4, 0.5) is 0 Å². The first-order valence-corrected chi connectivity index (χ1v) is 9.33. The minimum absolute atomic E-state index is 0.0154. The van der Waals surface area contributed by atoms with E-state index in [1.165, 1.54) is 44.9 Å². The van der Waals surface area contributed by atoms with E-state index < -0.39 is 0 Å². The van der Waals surface area contributed by atoms with E-state index in [1.807, 2.05) is 0 Å². The molecule has 2 nitrogen and oxygen atoms in total. The molecular formula is C19H32O2. The normalized spacial score (nSPS) is 60.0. The van der Waals surface area contributed by atoms with Crippen LogP contribution in [0.5, 0.6) is 0 Å². The summed E-state index contributed by atoms with van der Waals surface area (Å²) in [4.78, 5) is 0. The molecule has 21 heavy (non-hydrogen) atoms. The van der Waals surface area contributed by atoms with Crippen molar-refractivity contribution in [3.8, 4) is 0 Å². The van der Waals surface area contributed by atoms with Gasteiger partial charge in [-0.1, -0.05) is 26.7 Å². The Balaban J connectivity index is 1.70. The molecule has 4 fully saturated rings. The van der Waals surface area contributed by atoms with Gasteiger partial charge in [0.05, 0.1) is 12.2 Å². The van der Waals surface area contributed by atoms with E-state index >= 15 is 0 Å². The van der Waals surface area contributed by atoms with Crippen molar-refractivity contribution in [2.24, 2.45) is 34.5 Å². The third-order valence-electron chi connectivity index (χ3n) is 8.46. The van der Waals surface area contributed by atoms with Crippen LogP contribution in [0.25, 0.3) is 0 Å². The zero-order valence-corrected chi connectivity index (χ0v) is 13.7. The lowest BCUT2D eigenvalue weighted by atomic mass is 9.44. The average Bonchev–Trinajstić information content (AvgIpc) is 2.73. The minimum atomic E-state index is -0.185. The number of rotatable bonds is 0. The summed E-state index contributed by atoms with van der Waals surface area (Å²) >= 11 is 0. The molecule has 2 N–H and O–H groups in total. The number of hydrogen-bond donors (Lipinski definition) is 2. The molecule has 0 unspecified atom stereocenters. The topological polar surface area (TPSA) is 40.5 Å². The summed E-state index contributed by atoms with van der Waals surface area (Å²) in [6.07, 6.45) is 10.7. The lowest BCUT2D eigenvalue weighted by Gasteiger charge is -2.61. The van der Waals surface area contributed by atoms with Crippen LogP contribution in [0.15, 0.2) is 0 Å². The molecule has 0 aromatic heterocycles. The van der Waals surface area contributed by atoms with Crippen molar-refractivity contribution in [1.82, 2.24) is 0 Å². The first-order valence-electron chi connectivity index (χ1n) is 9.33. The van der Waals surface area contributed by atoms with Crippen molar-refractivity contribution in [3.63, 3.8) is 0 Å². The Kier molecular flexibility index (Phi) is 3.25. The molecule has 0 aromatic rings. The van der Waals surface area contributed by atoms with Crippen molar-refractivity contribution < 1.29 is 10.2 Å². The van der Waals surface area contributed by atoms with E-state index in [9.17, 15) is 10.2 Å². The fraction of sp³-hybridized carbons (Fsp3) is 1.00. The standard InChI is InChI=1S/C19H32O2/c1-18-10-4-3-5-12(18)6-7-13-14-8-9-16(21)19(14,2)11-15(20)17(13)18/h12-17,20-21H,3-11H2,1-2H3/t12-,13-,14-,15-,16-,17+,18+,19+/m1/s1. The molecule has 2 heteroatoms. The molecule has 0 bridgehead atoms. The second kappa shape index (κ2) is 4.71. The van der Waals surface area contributed by atoms with Crippen molar-refractivity contribution in [2.45, 2.75) is 83.8 Å². The SMILES string of the molecule is C[C@]12CCCC[C@@H]1CC[C@H]1[C@H]2[C@H](O)C[C@]2(C)[C@H](O)CC[C@H]12. The van der Waals surface area contributed by atoms with Gasteiger partial charge in [-0.3, -0.25) is 0 Å². The number of hydrogen-bond acceptors (Lipinski definition) is 2. The zero-order valence-electron chi connectivity index (χ0n) is 13.7. The third kappa shape index (κ3) is 1.84.